The predicted molar refractivity (Wildman–Crippen MR) is 234 cm³/mol. The molecule has 0 saturated heterocycles. The summed E-state index contributed by atoms with van der Waals surface area (Å²) in [5, 5.41) is 19.5. The summed E-state index contributed by atoms with van der Waals surface area (Å²) in [7, 11) is 0. The van der Waals surface area contributed by atoms with Crippen LogP contribution in [0.25, 0.3) is 22.3 Å². The first-order valence-corrected chi connectivity index (χ1v) is 23.5. The van der Waals surface area contributed by atoms with Crippen LogP contribution >= 0.6 is 23.5 Å². The molecule has 0 aromatic heterocycles. The molecule has 4 nitrogen and oxygen atoms in total. The lowest BCUT2D eigenvalue weighted by Crippen LogP contribution is -2.17. The second-order valence-corrected chi connectivity index (χ2v) is 18.5. The largest absolute Gasteiger partial charge is 0.478 e. The fourth-order valence-corrected chi connectivity index (χ4v) is 10.4. The number of hydrogen-bond donors (Lipinski definition) is 2. The second kappa shape index (κ2) is 23.8. The quantitative estimate of drug-likeness (QED) is 0.0624. The molecule has 2 fully saturated rings. The van der Waals surface area contributed by atoms with Gasteiger partial charge in [-0.15, -0.1) is 0 Å². The Morgan fingerprint density at radius 3 is 1.25 bits per heavy atom. The Kier molecular flexibility index (Phi) is 18.8. The Morgan fingerprint density at radius 1 is 0.524 bits per heavy atom. The van der Waals surface area contributed by atoms with Gasteiger partial charge in [-0.25, -0.2) is 27.2 Å². The van der Waals surface area contributed by atoms with Crippen LogP contribution in [0.3, 0.4) is 0 Å². The Bertz CT molecular complexity index is 2170. The highest BCUT2D eigenvalue weighted by atomic mass is 32.2. The molecule has 342 valence electrons. The summed E-state index contributed by atoms with van der Waals surface area (Å²) in [5.41, 5.74) is 1.65. The lowest BCUT2D eigenvalue weighted by Gasteiger charge is -2.31. The zero-order chi connectivity index (χ0) is 45.8. The topological polar surface area (TPSA) is 74.6 Å². The van der Waals surface area contributed by atoms with Crippen LogP contribution in [0.1, 0.15) is 154 Å². The first-order chi connectivity index (χ1) is 30.2. The van der Waals surface area contributed by atoms with Gasteiger partial charge in [-0.05, 0) is 122 Å². The Hall–Kier alpha value is -4.04. The second-order valence-electron chi connectivity index (χ2n) is 16.5. The monoisotopic (exact) mass is 922 g/mol. The van der Waals surface area contributed by atoms with E-state index in [1.54, 1.807) is 12.1 Å². The number of carboxylic acids is 2. The molecular weight excluding hydrogens is 869 g/mol. The van der Waals surface area contributed by atoms with Gasteiger partial charge in [0.15, 0.2) is 23.3 Å². The summed E-state index contributed by atoms with van der Waals surface area (Å²) < 4.78 is 109. The van der Waals surface area contributed by atoms with E-state index in [1.165, 1.54) is 62.1 Å². The first kappa shape index (κ1) is 50.0. The zero-order valence-electron chi connectivity index (χ0n) is 35.4. The van der Waals surface area contributed by atoms with E-state index in [4.69, 9.17) is 0 Å². The smallest absolute Gasteiger partial charge is 0.335 e. The van der Waals surface area contributed by atoms with Crippen LogP contribution in [-0.4, -0.2) is 33.7 Å². The normalized spacial score (nSPS) is 18.9. The summed E-state index contributed by atoms with van der Waals surface area (Å²) in [6.45, 7) is 4.32. The number of hydrogen-bond acceptors (Lipinski definition) is 4. The van der Waals surface area contributed by atoms with E-state index in [0.717, 1.165) is 82.8 Å². The average molecular weight is 923 g/mol. The molecule has 2 aliphatic carbocycles. The van der Waals surface area contributed by atoms with Crippen molar-refractivity contribution >= 4 is 35.5 Å². The maximum atomic E-state index is 14.9. The number of alkyl halides is 4. The summed E-state index contributed by atoms with van der Waals surface area (Å²) in [5.74, 6) is -12.0. The number of thioether (sulfide) groups is 2. The average Bonchev–Trinajstić information content (AvgIpc) is 3.26. The number of carbonyl (C=O) groups is 2. The molecular formula is C49H54F8O4S2. The van der Waals surface area contributed by atoms with Crippen molar-refractivity contribution in [2.24, 2.45) is 11.8 Å². The van der Waals surface area contributed by atoms with Gasteiger partial charge in [0.2, 0.25) is 0 Å². The highest BCUT2D eigenvalue weighted by Gasteiger charge is 2.31. The first-order valence-electron chi connectivity index (χ1n) is 21.7. The van der Waals surface area contributed by atoms with Crippen molar-refractivity contribution < 1.29 is 54.9 Å². The highest BCUT2D eigenvalue weighted by molar-refractivity contribution is 7.99. The lowest BCUT2D eigenvalue weighted by atomic mass is 9.74. The lowest BCUT2D eigenvalue weighted by molar-refractivity contribution is 0.0683. The molecule has 2 N–H and O–H groups in total. The molecule has 4 aromatic rings. The summed E-state index contributed by atoms with van der Waals surface area (Å²) in [6, 6.07) is 14.0. The molecule has 0 spiro atoms. The van der Waals surface area contributed by atoms with E-state index in [-0.39, 0.29) is 57.6 Å². The van der Waals surface area contributed by atoms with E-state index in [2.05, 4.69) is 13.8 Å². The van der Waals surface area contributed by atoms with Crippen LogP contribution < -0.4 is 0 Å². The van der Waals surface area contributed by atoms with E-state index >= 15 is 0 Å². The SMILES string of the molecule is CCCCC1CCC(c2c(C(=O)O)cccc2-c2ccc(SC(F)F)c(F)c2F)CC1.CCCCCC1CCC(c2c(C(=O)O)cccc2-c2ccc(SC(F)F)c(F)c2F)CC1. The third-order valence-corrected chi connectivity index (χ3v) is 14.0. The van der Waals surface area contributed by atoms with E-state index in [9.17, 15) is 54.9 Å². The van der Waals surface area contributed by atoms with Crippen LogP contribution in [0.2, 0.25) is 0 Å². The molecule has 4 aromatic carbocycles. The fraction of sp³-hybridized carbons (Fsp3) is 0.469. The molecule has 0 atom stereocenters. The molecule has 0 unspecified atom stereocenters. The number of benzene rings is 4. The number of halogens is 8. The molecule has 0 aliphatic heterocycles. The van der Waals surface area contributed by atoms with Crippen LogP contribution in [0.5, 0.6) is 0 Å². The number of aromatic carboxylic acids is 2. The molecule has 0 bridgehead atoms. The van der Waals surface area contributed by atoms with Gasteiger partial charge >= 0.3 is 11.9 Å². The number of rotatable bonds is 17. The van der Waals surface area contributed by atoms with Gasteiger partial charge in [-0.1, -0.05) is 119 Å². The molecule has 0 radical (unpaired) electrons. The minimum Gasteiger partial charge on any atom is -0.478 e. The summed E-state index contributed by atoms with van der Waals surface area (Å²) in [4.78, 5) is 22.9. The third kappa shape index (κ3) is 12.8. The van der Waals surface area contributed by atoms with Gasteiger partial charge in [0.05, 0.1) is 20.9 Å². The Labute approximate surface area is 372 Å². The van der Waals surface area contributed by atoms with Crippen molar-refractivity contribution in [2.75, 3.05) is 0 Å². The van der Waals surface area contributed by atoms with Crippen molar-refractivity contribution in [1.29, 1.82) is 0 Å². The van der Waals surface area contributed by atoms with Gasteiger partial charge in [0.25, 0.3) is 11.5 Å². The van der Waals surface area contributed by atoms with Crippen molar-refractivity contribution in [3.8, 4) is 22.3 Å². The van der Waals surface area contributed by atoms with Crippen molar-refractivity contribution in [2.45, 2.75) is 143 Å². The van der Waals surface area contributed by atoms with Gasteiger partial charge < -0.3 is 10.2 Å². The molecule has 2 saturated carbocycles. The minimum atomic E-state index is -2.87. The molecule has 0 heterocycles. The Morgan fingerprint density at radius 2 is 0.905 bits per heavy atom. The number of unbranched alkanes of at least 4 members (excludes halogenated alkanes) is 3. The van der Waals surface area contributed by atoms with E-state index in [0.29, 0.717) is 34.1 Å². The van der Waals surface area contributed by atoms with Crippen LogP contribution in [0, 0.1) is 35.1 Å². The van der Waals surface area contributed by atoms with Crippen molar-refractivity contribution in [1.82, 2.24) is 0 Å². The molecule has 14 heteroatoms. The fourth-order valence-electron chi connectivity index (χ4n) is 9.36. The van der Waals surface area contributed by atoms with E-state index in [1.807, 2.05) is 0 Å². The van der Waals surface area contributed by atoms with Crippen LogP contribution in [0.4, 0.5) is 35.1 Å². The van der Waals surface area contributed by atoms with Gasteiger partial charge in [-0.2, -0.15) is 17.6 Å². The standard InChI is InChI=1S/C25H28F4O2S.C24H26F4O2S/c1-2-3-4-6-15-9-11-16(12-10-15)21-17(7-5-8-19(21)24(30)31)18-13-14-20(32-25(28)29)23(27)22(18)26;1-2-3-5-14-8-10-15(11-9-14)20-16(6-4-7-18(20)23(29)30)17-12-13-19(31-24(27)28)22(26)21(17)25/h5,7-8,13-16,25H,2-4,6,9-12H2,1H3,(H,30,31);4,6-7,12-15,24H,2-3,5,8-11H2,1H3,(H,29,30). The third-order valence-electron chi connectivity index (χ3n) is 12.5. The molecule has 6 rings (SSSR count). The number of carboxylic acid groups (broad SMARTS) is 2. The minimum absolute atomic E-state index is 0.0508. The molecule has 2 aliphatic rings. The summed E-state index contributed by atoms with van der Waals surface area (Å²) in [6.07, 6.45) is 15.2. The highest BCUT2D eigenvalue weighted by Crippen LogP contribution is 2.46. The zero-order valence-corrected chi connectivity index (χ0v) is 37.0. The molecule has 0 amide bonds. The van der Waals surface area contributed by atoms with E-state index < -0.39 is 56.5 Å². The molecule has 63 heavy (non-hydrogen) atoms. The Balaban J connectivity index is 0.000000238. The maximum absolute atomic E-state index is 14.9. The van der Waals surface area contributed by atoms with Crippen LogP contribution in [0.15, 0.2) is 70.5 Å². The van der Waals surface area contributed by atoms with Gasteiger partial charge in [-0.3, -0.25) is 0 Å². The van der Waals surface area contributed by atoms with Crippen molar-refractivity contribution in [3.05, 3.63) is 106 Å². The van der Waals surface area contributed by atoms with Crippen LogP contribution in [-0.2, 0) is 0 Å². The predicted octanol–water partition coefficient (Wildman–Crippen LogP) is 16.6. The van der Waals surface area contributed by atoms with Gasteiger partial charge in [0.1, 0.15) is 0 Å². The maximum Gasteiger partial charge on any atom is 0.335 e. The summed E-state index contributed by atoms with van der Waals surface area (Å²) >= 11 is -0.103. The van der Waals surface area contributed by atoms with Gasteiger partial charge in [0, 0.05) is 11.1 Å². The van der Waals surface area contributed by atoms with Crippen molar-refractivity contribution in [3.63, 3.8) is 0 Å².